The SMILES string of the molecule is Cc1ccc(Cl)c(-n2c(=S)[nH]c3ccc(F)cc32)c1. The summed E-state index contributed by atoms with van der Waals surface area (Å²) >= 11 is 11.5. The Morgan fingerprint density at radius 2 is 2.00 bits per heavy atom. The van der Waals surface area contributed by atoms with Gasteiger partial charge in [0.25, 0.3) is 0 Å². The van der Waals surface area contributed by atoms with Crippen molar-refractivity contribution in [3.05, 3.63) is 57.6 Å². The van der Waals surface area contributed by atoms with Crippen molar-refractivity contribution in [2.45, 2.75) is 6.92 Å². The molecule has 0 aliphatic carbocycles. The normalized spacial score (nSPS) is 11.1. The molecule has 0 fully saturated rings. The maximum Gasteiger partial charge on any atom is 0.182 e. The van der Waals surface area contributed by atoms with Crippen LogP contribution in [0, 0.1) is 17.5 Å². The van der Waals surface area contributed by atoms with Gasteiger partial charge in [0.05, 0.1) is 21.7 Å². The molecule has 0 spiro atoms. The maximum atomic E-state index is 13.4. The van der Waals surface area contributed by atoms with Crippen LogP contribution in [0.3, 0.4) is 0 Å². The molecule has 0 saturated carbocycles. The fraction of sp³-hybridized carbons (Fsp3) is 0.0714. The fourth-order valence-electron chi connectivity index (χ4n) is 2.11. The summed E-state index contributed by atoms with van der Waals surface area (Å²) in [5, 5.41) is 0.576. The minimum atomic E-state index is -0.306. The number of imidazole rings is 1. The second kappa shape index (κ2) is 4.47. The minimum Gasteiger partial charge on any atom is -0.330 e. The number of hydrogen-bond donors (Lipinski definition) is 1. The summed E-state index contributed by atoms with van der Waals surface area (Å²) in [5.41, 5.74) is 3.28. The van der Waals surface area contributed by atoms with Crippen LogP contribution in [-0.4, -0.2) is 9.55 Å². The Bertz CT molecular complexity index is 835. The van der Waals surface area contributed by atoms with E-state index in [2.05, 4.69) is 4.98 Å². The summed E-state index contributed by atoms with van der Waals surface area (Å²) in [5.74, 6) is -0.306. The molecule has 3 aromatic rings. The van der Waals surface area contributed by atoms with Gasteiger partial charge in [-0.2, -0.15) is 0 Å². The fourth-order valence-corrected chi connectivity index (χ4v) is 2.62. The molecule has 1 N–H and O–H groups in total. The molecule has 1 aromatic heterocycles. The molecule has 5 heteroatoms. The largest absolute Gasteiger partial charge is 0.330 e. The van der Waals surface area contributed by atoms with E-state index in [1.807, 2.05) is 25.1 Å². The van der Waals surface area contributed by atoms with Gasteiger partial charge in [-0.1, -0.05) is 17.7 Å². The third-order valence-electron chi connectivity index (χ3n) is 2.99. The van der Waals surface area contributed by atoms with E-state index in [0.29, 0.717) is 15.3 Å². The molecule has 0 radical (unpaired) electrons. The van der Waals surface area contributed by atoms with Gasteiger partial charge in [-0.3, -0.25) is 4.57 Å². The molecule has 0 aliphatic rings. The van der Waals surface area contributed by atoms with E-state index in [1.54, 1.807) is 10.6 Å². The van der Waals surface area contributed by atoms with Crippen LogP contribution >= 0.6 is 23.8 Å². The lowest BCUT2D eigenvalue weighted by Crippen LogP contribution is -1.96. The standard InChI is InChI=1S/C14H10ClFN2S/c1-8-2-4-10(15)12(6-8)18-13-7-9(16)3-5-11(13)17-14(18)19/h2-7H,1H3,(H,17,19). The van der Waals surface area contributed by atoms with Crippen LogP contribution in [0.15, 0.2) is 36.4 Å². The number of H-pyrrole nitrogens is 1. The number of aromatic amines is 1. The lowest BCUT2D eigenvalue weighted by atomic mass is 10.2. The number of aryl methyl sites for hydroxylation is 1. The molecule has 3 rings (SSSR count). The van der Waals surface area contributed by atoms with Crippen molar-refractivity contribution in [1.29, 1.82) is 0 Å². The number of benzene rings is 2. The highest BCUT2D eigenvalue weighted by Gasteiger charge is 2.10. The number of nitrogens with zero attached hydrogens (tertiary/aromatic N) is 1. The van der Waals surface area contributed by atoms with Crippen molar-refractivity contribution in [3.63, 3.8) is 0 Å². The van der Waals surface area contributed by atoms with E-state index < -0.39 is 0 Å². The highest BCUT2D eigenvalue weighted by molar-refractivity contribution is 7.71. The monoisotopic (exact) mass is 292 g/mol. The third kappa shape index (κ3) is 2.07. The summed E-state index contributed by atoms with van der Waals surface area (Å²) in [7, 11) is 0. The molecule has 0 unspecified atom stereocenters. The lowest BCUT2D eigenvalue weighted by Gasteiger charge is -2.08. The molecule has 0 atom stereocenters. The van der Waals surface area contributed by atoms with Crippen molar-refractivity contribution in [1.82, 2.24) is 9.55 Å². The summed E-state index contributed by atoms with van der Waals surface area (Å²) in [6, 6.07) is 10.2. The van der Waals surface area contributed by atoms with Crippen LogP contribution < -0.4 is 0 Å². The summed E-state index contributed by atoms with van der Waals surface area (Å²) in [6.45, 7) is 1.97. The van der Waals surface area contributed by atoms with Gasteiger partial charge >= 0.3 is 0 Å². The number of hydrogen-bond acceptors (Lipinski definition) is 1. The highest BCUT2D eigenvalue weighted by Crippen LogP contribution is 2.26. The second-order valence-electron chi connectivity index (χ2n) is 4.38. The molecule has 96 valence electrons. The topological polar surface area (TPSA) is 20.7 Å². The Morgan fingerprint density at radius 3 is 2.79 bits per heavy atom. The summed E-state index contributed by atoms with van der Waals surface area (Å²) < 4.78 is 15.7. The van der Waals surface area contributed by atoms with E-state index in [1.165, 1.54) is 12.1 Å². The first-order chi connectivity index (χ1) is 9.06. The van der Waals surface area contributed by atoms with Gasteiger partial charge in [-0.05, 0) is 49.0 Å². The smallest absolute Gasteiger partial charge is 0.182 e. The quantitative estimate of drug-likeness (QED) is 0.640. The Morgan fingerprint density at radius 1 is 1.21 bits per heavy atom. The van der Waals surface area contributed by atoms with Gasteiger partial charge < -0.3 is 4.98 Å². The zero-order chi connectivity index (χ0) is 13.6. The van der Waals surface area contributed by atoms with Crippen LogP contribution in [0.2, 0.25) is 5.02 Å². The number of aromatic nitrogens is 2. The van der Waals surface area contributed by atoms with Gasteiger partial charge in [0.2, 0.25) is 0 Å². The van der Waals surface area contributed by atoms with E-state index in [-0.39, 0.29) is 5.82 Å². The minimum absolute atomic E-state index is 0.306. The van der Waals surface area contributed by atoms with Crippen LogP contribution in [0.5, 0.6) is 0 Å². The Hall–Kier alpha value is -1.65. The first-order valence-electron chi connectivity index (χ1n) is 5.73. The van der Waals surface area contributed by atoms with Crippen molar-refractivity contribution < 1.29 is 4.39 Å². The van der Waals surface area contributed by atoms with Crippen molar-refractivity contribution in [2.24, 2.45) is 0 Å². The van der Waals surface area contributed by atoms with Crippen LogP contribution in [0.25, 0.3) is 16.7 Å². The zero-order valence-corrected chi connectivity index (χ0v) is 11.6. The molecule has 2 aromatic carbocycles. The Kier molecular flexibility index (Phi) is 2.92. The average Bonchev–Trinajstić information content (AvgIpc) is 2.68. The van der Waals surface area contributed by atoms with E-state index in [9.17, 15) is 4.39 Å². The van der Waals surface area contributed by atoms with Crippen LogP contribution in [0.4, 0.5) is 4.39 Å². The number of rotatable bonds is 1. The molecule has 0 bridgehead atoms. The first-order valence-corrected chi connectivity index (χ1v) is 6.52. The summed E-state index contributed by atoms with van der Waals surface area (Å²) in [6.07, 6.45) is 0. The predicted octanol–water partition coefficient (Wildman–Crippen LogP) is 4.79. The Labute approximate surface area is 119 Å². The van der Waals surface area contributed by atoms with Crippen molar-refractivity contribution in [2.75, 3.05) is 0 Å². The van der Waals surface area contributed by atoms with Crippen molar-refractivity contribution in [3.8, 4) is 5.69 Å². The third-order valence-corrected chi connectivity index (χ3v) is 3.59. The van der Waals surface area contributed by atoms with E-state index in [0.717, 1.165) is 16.8 Å². The van der Waals surface area contributed by atoms with E-state index in [4.69, 9.17) is 23.8 Å². The number of fused-ring (bicyclic) bond motifs is 1. The molecular weight excluding hydrogens is 283 g/mol. The predicted molar refractivity (Wildman–Crippen MR) is 78.2 cm³/mol. The first kappa shape index (κ1) is 12.4. The van der Waals surface area contributed by atoms with Crippen molar-refractivity contribution >= 4 is 34.9 Å². The maximum absolute atomic E-state index is 13.4. The molecule has 19 heavy (non-hydrogen) atoms. The number of nitrogens with one attached hydrogen (secondary N) is 1. The Balaban J connectivity index is 2.42. The van der Waals surface area contributed by atoms with E-state index >= 15 is 0 Å². The van der Waals surface area contributed by atoms with Crippen LogP contribution in [-0.2, 0) is 0 Å². The summed E-state index contributed by atoms with van der Waals surface area (Å²) in [4.78, 5) is 3.05. The molecular formula is C14H10ClFN2S. The molecule has 0 aliphatic heterocycles. The number of halogens is 2. The van der Waals surface area contributed by atoms with Gasteiger partial charge in [0.1, 0.15) is 5.82 Å². The lowest BCUT2D eigenvalue weighted by molar-refractivity contribution is 0.629. The molecule has 0 amide bonds. The highest BCUT2D eigenvalue weighted by atomic mass is 35.5. The average molecular weight is 293 g/mol. The van der Waals surface area contributed by atoms with Gasteiger partial charge in [0.15, 0.2) is 4.77 Å². The second-order valence-corrected chi connectivity index (χ2v) is 5.18. The molecule has 0 saturated heterocycles. The van der Waals surface area contributed by atoms with Gasteiger partial charge in [-0.25, -0.2) is 4.39 Å². The molecule has 1 heterocycles. The molecule has 2 nitrogen and oxygen atoms in total. The van der Waals surface area contributed by atoms with Gasteiger partial charge in [0, 0.05) is 6.07 Å². The zero-order valence-electron chi connectivity index (χ0n) is 10.1. The van der Waals surface area contributed by atoms with Crippen LogP contribution in [0.1, 0.15) is 5.56 Å². The van der Waals surface area contributed by atoms with Gasteiger partial charge in [-0.15, -0.1) is 0 Å².